The molecule has 0 saturated heterocycles. The van der Waals surface area contributed by atoms with Crippen LogP contribution in [0.4, 0.5) is 0 Å². The Kier molecular flexibility index (Phi) is 7.95. The lowest BCUT2D eigenvalue weighted by atomic mass is 10.2. The van der Waals surface area contributed by atoms with Gasteiger partial charge in [-0.25, -0.2) is 0 Å². The second kappa shape index (κ2) is 8.57. The Morgan fingerprint density at radius 2 is 1.71 bits per heavy atom. The van der Waals surface area contributed by atoms with E-state index in [4.69, 9.17) is 9.47 Å². The van der Waals surface area contributed by atoms with Crippen LogP contribution < -0.4 is 4.74 Å². The van der Waals surface area contributed by atoms with Crippen LogP contribution in [-0.2, 0) is 4.74 Å². The van der Waals surface area contributed by atoms with Crippen molar-refractivity contribution in [3.8, 4) is 5.75 Å². The standard InChI is InChI=1S/C10H14O2.C2H6/c1-9-5-3-4-6-10(9)12-8-7-11-2;1-2/h3-6H,7-8H2,1-2H3;1-2H3. The number of ether oxygens (including phenoxy) is 2. The van der Waals surface area contributed by atoms with Gasteiger partial charge in [0.25, 0.3) is 0 Å². The summed E-state index contributed by atoms with van der Waals surface area (Å²) in [5, 5.41) is 0. The number of benzene rings is 1. The number of aryl methyl sites for hydroxylation is 1. The van der Waals surface area contributed by atoms with Gasteiger partial charge in [0.15, 0.2) is 0 Å². The van der Waals surface area contributed by atoms with Crippen LogP contribution in [0.3, 0.4) is 0 Å². The SMILES string of the molecule is CC.COCCOc1ccccc1C. The summed E-state index contributed by atoms with van der Waals surface area (Å²) in [5.74, 6) is 0.939. The van der Waals surface area contributed by atoms with Crippen molar-refractivity contribution in [2.45, 2.75) is 20.8 Å². The summed E-state index contributed by atoms with van der Waals surface area (Å²) in [6, 6.07) is 7.96. The molecule has 0 radical (unpaired) electrons. The molecule has 2 nitrogen and oxygen atoms in total. The largest absolute Gasteiger partial charge is 0.491 e. The van der Waals surface area contributed by atoms with E-state index in [0.29, 0.717) is 13.2 Å². The quantitative estimate of drug-likeness (QED) is 0.689. The minimum atomic E-state index is 0.612. The highest BCUT2D eigenvalue weighted by atomic mass is 16.5. The molecule has 2 heteroatoms. The van der Waals surface area contributed by atoms with Crippen molar-refractivity contribution < 1.29 is 9.47 Å². The number of methoxy groups -OCH3 is 1. The number of para-hydroxylation sites is 1. The highest BCUT2D eigenvalue weighted by molar-refractivity contribution is 5.31. The third kappa shape index (κ3) is 4.87. The summed E-state index contributed by atoms with van der Waals surface area (Å²) in [6.45, 7) is 7.28. The van der Waals surface area contributed by atoms with E-state index in [1.54, 1.807) is 7.11 Å². The molecule has 80 valence electrons. The average Bonchev–Trinajstić information content (AvgIpc) is 2.24. The Bertz CT molecular complexity index is 234. The molecule has 0 heterocycles. The zero-order chi connectivity index (χ0) is 10.8. The Morgan fingerprint density at radius 1 is 1.07 bits per heavy atom. The Morgan fingerprint density at radius 3 is 2.29 bits per heavy atom. The second-order valence-corrected chi connectivity index (χ2v) is 2.61. The van der Waals surface area contributed by atoms with E-state index in [-0.39, 0.29) is 0 Å². The lowest BCUT2D eigenvalue weighted by Crippen LogP contribution is -2.04. The van der Waals surface area contributed by atoms with E-state index in [2.05, 4.69) is 0 Å². The minimum Gasteiger partial charge on any atom is -0.491 e. The number of hydrogen-bond donors (Lipinski definition) is 0. The third-order valence-electron chi connectivity index (χ3n) is 1.64. The minimum absolute atomic E-state index is 0.612. The predicted molar refractivity (Wildman–Crippen MR) is 59.9 cm³/mol. The molecular weight excluding hydrogens is 176 g/mol. The summed E-state index contributed by atoms with van der Waals surface area (Å²) in [4.78, 5) is 0. The summed E-state index contributed by atoms with van der Waals surface area (Å²) in [6.07, 6.45) is 0. The first-order chi connectivity index (χ1) is 6.84. The van der Waals surface area contributed by atoms with Crippen LogP contribution in [0.2, 0.25) is 0 Å². The van der Waals surface area contributed by atoms with Crippen molar-refractivity contribution >= 4 is 0 Å². The van der Waals surface area contributed by atoms with Gasteiger partial charge in [0.05, 0.1) is 6.61 Å². The molecule has 0 atom stereocenters. The molecule has 0 aliphatic carbocycles. The molecule has 0 aliphatic rings. The summed E-state index contributed by atoms with van der Waals surface area (Å²) in [5.41, 5.74) is 1.16. The molecule has 0 aliphatic heterocycles. The Labute approximate surface area is 86.9 Å². The maximum atomic E-state index is 5.45. The van der Waals surface area contributed by atoms with E-state index >= 15 is 0 Å². The Hall–Kier alpha value is -1.02. The fraction of sp³-hybridized carbons (Fsp3) is 0.500. The molecule has 0 unspecified atom stereocenters. The van der Waals surface area contributed by atoms with Gasteiger partial charge in [0, 0.05) is 7.11 Å². The van der Waals surface area contributed by atoms with Gasteiger partial charge in [-0.15, -0.1) is 0 Å². The van der Waals surface area contributed by atoms with E-state index in [9.17, 15) is 0 Å². The van der Waals surface area contributed by atoms with E-state index in [0.717, 1.165) is 11.3 Å². The third-order valence-corrected chi connectivity index (χ3v) is 1.64. The molecule has 14 heavy (non-hydrogen) atoms. The van der Waals surface area contributed by atoms with E-state index in [1.165, 1.54) is 0 Å². The lowest BCUT2D eigenvalue weighted by Gasteiger charge is -2.07. The lowest BCUT2D eigenvalue weighted by molar-refractivity contribution is 0.146. The molecule has 1 aromatic carbocycles. The van der Waals surface area contributed by atoms with Crippen LogP contribution in [0, 0.1) is 6.92 Å². The first-order valence-corrected chi connectivity index (χ1v) is 5.02. The molecule has 0 bridgehead atoms. The van der Waals surface area contributed by atoms with Crippen LogP contribution in [0.1, 0.15) is 19.4 Å². The van der Waals surface area contributed by atoms with Crippen molar-refractivity contribution in [3.63, 3.8) is 0 Å². The van der Waals surface area contributed by atoms with Gasteiger partial charge >= 0.3 is 0 Å². The predicted octanol–water partition coefficient (Wildman–Crippen LogP) is 3.05. The van der Waals surface area contributed by atoms with Crippen LogP contribution in [0.5, 0.6) is 5.75 Å². The van der Waals surface area contributed by atoms with Crippen LogP contribution in [0.25, 0.3) is 0 Å². The van der Waals surface area contributed by atoms with Gasteiger partial charge in [-0.05, 0) is 18.6 Å². The van der Waals surface area contributed by atoms with Crippen LogP contribution >= 0.6 is 0 Å². The Balaban J connectivity index is 0.000000791. The van der Waals surface area contributed by atoms with Gasteiger partial charge in [-0.1, -0.05) is 32.0 Å². The zero-order valence-electron chi connectivity index (χ0n) is 9.54. The van der Waals surface area contributed by atoms with Gasteiger partial charge in [-0.2, -0.15) is 0 Å². The smallest absolute Gasteiger partial charge is 0.122 e. The number of hydrogen-bond acceptors (Lipinski definition) is 2. The molecule has 0 N–H and O–H groups in total. The maximum Gasteiger partial charge on any atom is 0.122 e. The molecule has 1 rings (SSSR count). The molecule has 1 aromatic rings. The van der Waals surface area contributed by atoms with Crippen molar-refractivity contribution in [3.05, 3.63) is 29.8 Å². The van der Waals surface area contributed by atoms with Crippen molar-refractivity contribution in [1.82, 2.24) is 0 Å². The van der Waals surface area contributed by atoms with E-state index < -0.39 is 0 Å². The molecule has 0 aromatic heterocycles. The van der Waals surface area contributed by atoms with Crippen molar-refractivity contribution in [2.24, 2.45) is 0 Å². The normalized spacial score (nSPS) is 8.86. The second-order valence-electron chi connectivity index (χ2n) is 2.61. The summed E-state index contributed by atoms with van der Waals surface area (Å²) in [7, 11) is 1.67. The molecule has 0 amide bonds. The van der Waals surface area contributed by atoms with Gasteiger partial charge in [0.1, 0.15) is 12.4 Å². The van der Waals surface area contributed by atoms with E-state index in [1.807, 2.05) is 45.0 Å². The summed E-state index contributed by atoms with van der Waals surface area (Å²) >= 11 is 0. The van der Waals surface area contributed by atoms with Crippen LogP contribution in [0.15, 0.2) is 24.3 Å². The maximum absolute atomic E-state index is 5.45. The molecule has 0 saturated carbocycles. The molecule has 0 spiro atoms. The monoisotopic (exact) mass is 196 g/mol. The summed E-state index contributed by atoms with van der Waals surface area (Å²) < 4.78 is 10.3. The van der Waals surface area contributed by atoms with Gasteiger partial charge in [0.2, 0.25) is 0 Å². The van der Waals surface area contributed by atoms with Gasteiger partial charge in [-0.3, -0.25) is 0 Å². The molecule has 0 fully saturated rings. The highest BCUT2D eigenvalue weighted by Crippen LogP contribution is 2.15. The van der Waals surface area contributed by atoms with Crippen molar-refractivity contribution in [1.29, 1.82) is 0 Å². The average molecular weight is 196 g/mol. The fourth-order valence-corrected chi connectivity index (χ4v) is 0.953. The first kappa shape index (κ1) is 13.0. The fourth-order valence-electron chi connectivity index (χ4n) is 0.953. The number of rotatable bonds is 4. The highest BCUT2D eigenvalue weighted by Gasteiger charge is 1.95. The van der Waals surface area contributed by atoms with Gasteiger partial charge < -0.3 is 9.47 Å². The first-order valence-electron chi connectivity index (χ1n) is 5.02. The topological polar surface area (TPSA) is 18.5 Å². The zero-order valence-corrected chi connectivity index (χ0v) is 9.54. The van der Waals surface area contributed by atoms with Crippen LogP contribution in [-0.4, -0.2) is 20.3 Å². The molecular formula is C12H20O2. The van der Waals surface area contributed by atoms with Crippen molar-refractivity contribution in [2.75, 3.05) is 20.3 Å².